The zero-order valence-corrected chi connectivity index (χ0v) is 10.6. The topological polar surface area (TPSA) is 32.3 Å². The fourth-order valence-electron chi connectivity index (χ4n) is 1.97. The molecule has 0 spiro atoms. The lowest BCUT2D eigenvalue weighted by Crippen LogP contribution is -2.51. The molecule has 1 saturated heterocycles. The van der Waals surface area contributed by atoms with E-state index >= 15 is 0 Å². The first-order valence-corrected chi connectivity index (χ1v) is 6.11. The highest BCUT2D eigenvalue weighted by atomic mass is 35.5. The standard InChI is InChI=1S/C12H12ClF3N2O/c13-9-3-1-8(2-4-9)7-10(12(14,15)16)18-6-5-11(19)17-18/h1-4,10H,5-7H2,(H,17,19). The van der Waals surface area contributed by atoms with Gasteiger partial charge in [-0.3, -0.25) is 10.2 Å². The van der Waals surface area contributed by atoms with Crippen LogP contribution < -0.4 is 5.43 Å². The maximum absolute atomic E-state index is 13.0. The Bertz CT molecular complexity index is 461. The SMILES string of the molecule is O=C1CCN(C(Cc2ccc(Cl)cc2)C(F)(F)F)N1. The van der Waals surface area contributed by atoms with Crippen molar-refractivity contribution in [3.8, 4) is 0 Å². The summed E-state index contributed by atoms with van der Waals surface area (Å²) in [6.07, 6.45) is -4.54. The summed E-state index contributed by atoms with van der Waals surface area (Å²) in [4.78, 5) is 11.0. The van der Waals surface area contributed by atoms with E-state index in [1.165, 1.54) is 0 Å². The van der Waals surface area contributed by atoms with Crippen molar-refractivity contribution in [1.82, 2.24) is 10.4 Å². The van der Waals surface area contributed by atoms with Gasteiger partial charge in [0, 0.05) is 18.0 Å². The van der Waals surface area contributed by atoms with Crippen LogP contribution in [0.2, 0.25) is 5.02 Å². The molecule has 1 N–H and O–H groups in total. The van der Waals surface area contributed by atoms with Crippen LogP contribution >= 0.6 is 11.6 Å². The summed E-state index contributed by atoms with van der Waals surface area (Å²) >= 11 is 5.69. The normalized spacial score (nSPS) is 18.4. The van der Waals surface area contributed by atoms with Gasteiger partial charge >= 0.3 is 6.18 Å². The Hall–Kier alpha value is -1.27. The molecule has 1 aromatic rings. The van der Waals surface area contributed by atoms with Crippen molar-refractivity contribution in [2.24, 2.45) is 0 Å². The smallest absolute Gasteiger partial charge is 0.288 e. The Balaban J connectivity index is 2.14. The van der Waals surface area contributed by atoms with Crippen LogP contribution in [-0.2, 0) is 11.2 Å². The zero-order chi connectivity index (χ0) is 14.0. The van der Waals surface area contributed by atoms with E-state index in [1.807, 2.05) is 0 Å². The average Bonchev–Trinajstić information content (AvgIpc) is 2.73. The minimum atomic E-state index is -4.41. The third kappa shape index (κ3) is 3.61. The monoisotopic (exact) mass is 292 g/mol. The molecule has 1 heterocycles. The highest BCUT2D eigenvalue weighted by molar-refractivity contribution is 6.30. The fraction of sp³-hybridized carbons (Fsp3) is 0.417. The van der Waals surface area contributed by atoms with Gasteiger partial charge < -0.3 is 0 Å². The van der Waals surface area contributed by atoms with Gasteiger partial charge in [0.05, 0.1) is 0 Å². The van der Waals surface area contributed by atoms with Gasteiger partial charge in [-0.05, 0) is 24.1 Å². The summed E-state index contributed by atoms with van der Waals surface area (Å²) in [6.45, 7) is 0.0661. The Morgan fingerprint density at radius 2 is 1.95 bits per heavy atom. The van der Waals surface area contributed by atoms with Crippen molar-refractivity contribution in [3.63, 3.8) is 0 Å². The fourth-order valence-corrected chi connectivity index (χ4v) is 2.10. The first-order valence-electron chi connectivity index (χ1n) is 5.73. The minimum absolute atomic E-state index is 0.0661. The molecule has 1 aliphatic heterocycles. The number of carbonyl (C=O) groups excluding carboxylic acids is 1. The van der Waals surface area contributed by atoms with E-state index in [0.29, 0.717) is 10.6 Å². The van der Waals surface area contributed by atoms with Crippen LogP contribution in [0.25, 0.3) is 0 Å². The molecular formula is C12H12ClF3N2O. The van der Waals surface area contributed by atoms with Gasteiger partial charge in [0.1, 0.15) is 6.04 Å². The van der Waals surface area contributed by atoms with E-state index in [4.69, 9.17) is 11.6 Å². The maximum atomic E-state index is 13.0. The van der Waals surface area contributed by atoms with E-state index in [2.05, 4.69) is 5.43 Å². The van der Waals surface area contributed by atoms with Gasteiger partial charge in [-0.15, -0.1) is 0 Å². The molecule has 1 aromatic carbocycles. The number of alkyl halides is 3. The second kappa shape index (κ2) is 5.38. The number of rotatable bonds is 3. The summed E-state index contributed by atoms with van der Waals surface area (Å²) < 4.78 is 39.1. The molecule has 7 heteroatoms. The van der Waals surface area contributed by atoms with Crippen molar-refractivity contribution in [1.29, 1.82) is 0 Å². The Morgan fingerprint density at radius 3 is 2.42 bits per heavy atom. The predicted molar refractivity (Wildman–Crippen MR) is 64.5 cm³/mol. The second-order valence-electron chi connectivity index (χ2n) is 4.37. The van der Waals surface area contributed by atoms with Gasteiger partial charge in [0.25, 0.3) is 0 Å². The molecule has 19 heavy (non-hydrogen) atoms. The molecule has 1 amide bonds. The minimum Gasteiger partial charge on any atom is -0.288 e. The highest BCUT2D eigenvalue weighted by Crippen LogP contribution is 2.28. The summed E-state index contributed by atoms with van der Waals surface area (Å²) in [7, 11) is 0. The number of hydrogen-bond acceptors (Lipinski definition) is 2. The number of carbonyl (C=O) groups is 1. The number of amides is 1. The maximum Gasteiger partial charge on any atom is 0.406 e. The molecule has 104 valence electrons. The van der Waals surface area contributed by atoms with Crippen molar-refractivity contribution in [2.75, 3.05) is 6.54 Å². The number of nitrogens with one attached hydrogen (secondary N) is 1. The summed E-state index contributed by atoms with van der Waals surface area (Å²) in [5, 5.41) is 1.43. The number of hydrazine groups is 1. The second-order valence-corrected chi connectivity index (χ2v) is 4.80. The molecule has 2 rings (SSSR count). The molecule has 0 bridgehead atoms. The van der Waals surface area contributed by atoms with E-state index < -0.39 is 12.2 Å². The summed E-state index contributed by atoms with van der Waals surface area (Å²) in [5.41, 5.74) is 2.76. The van der Waals surface area contributed by atoms with Gasteiger partial charge in [-0.2, -0.15) is 13.2 Å². The number of benzene rings is 1. The van der Waals surface area contributed by atoms with Crippen molar-refractivity contribution >= 4 is 17.5 Å². The third-order valence-electron chi connectivity index (χ3n) is 2.94. The van der Waals surface area contributed by atoms with Crippen LogP contribution in [-0.4, -0.2) is 29.7 Å². The molecule has 1 atom stereocenters. The molecule has 0 aliphatic carbocycles. The van der Waals surface area contributed by atoms with Crippen LogP contribution in [0.5, 0.6) is 0 Å². The van der Waals surface area contributed by atoms with E-state index in [1.54, 1.807) is 24.3 Å². The molecule has 1 unspecified atom stereocenters. The van der Waals surface area contributed by atoms with Gasteiger partial charge in [-0.1, -0.05) is 23.7 Å². The average molecular weight is 293 g/mol. The van der Waals surface area contributed by atoms with Crippen LogP contribution in [0.3, 0.4) is 0 Å². The summed E-state index contributed by atoms with van der Waals surface area (Å²) in [5.74, 6) is -0.384. The lowest BCUT2D eigenvalue weighted by Gasteiger charge is -2.29. The van der Waals surface area contributed by atoms with Crippen molar-refractivity contribution in [3.05, 3.63) is 34.9 Å². The molecule has 3 nitrogen and oxygen atoms in total. The summed E-state index contributed by atoms with van der Waals surface area (Å²) in [6, 6.07) is 4.48. The van der Waals surface area contributed by atoms with Crippen LogP contribution in [0.1, 0.15) is 12.0 Å². The molecule has 0 saturated carbocycles. The quantitative estimate of drug-likeness (QED) is 0.928. The molecule has 1 aliphatic rings. The zero-order valence-electron chi connectivity index (χ0n) is 9.88. The lowest BCUT2D eigenvalue weighted by atomic mass is 10.1. The van der Waals surface area contributed by atoms with Crippen LogP contribution in [0.15, 0.2) is 24.3 Å². The molecule has 0 radical (unpaired) electrons. The van der Waals surface area contributed by atoms with Gasteiger partial charge in [0.15, 0.2) is 0 Å². The van der Waals surface area contributed by atoms with E-state index in [-0.39, 0.29) is 25.3 Å². The Morgan fingerprint density at radius 1 is 1.32 bits per heavy atom. The largest absolute Gasteiger partial charge is 0.406 e. The lowest BCUT2D eigenvalue weighted by molar-refractivity contribution is -0.187. The number of halogens is 4. The van der Waals surface area contributed by atoms with E-state index in [0.717, 1.165) is 5.01 Å². The Labute approximate surface area is 113 Å². The molecule has 1 fully saturated rings. The van der Waals surface area contributed by atoms with Crippen LogP contribution in [0.4, 0.5) is 13.2 Å². The van der Waals surface area contributed by atoms with Gasteiger partial charge in [0.2, 0.25) is 5.91 Å². The highest BCUT2D eigenvalue weighted by Gasteiger charge is 2.45. The van der Waals surface area contributed by atoms with Crippen molar-refractivity contribution < 1.29 is 18.0 Å². The van der Waals surface area contributed by atoms with Crippen LogP contribution in [0, 0.1) is 0 Å². The number of hydrogen-bond donors (Lipinski definition) is 1. The van der Waals surface area contributed by atoms with Crippen molar-refractivity contribution in [2.45, 2.75) is 25.1 Å². The number of nitrogens with zero attached hydrogens (tertiary/aromatic N) is 1. The molecule has 0 aromatic heterocycles. The van der Waals surface area contributed by atoms with E-state index in [9.17, 15) is 18.0 Å². The first kappa shape index (κ1) is 14.1. The first-order chi connectivity index (χ1) is 8.86. The van der Waals surface area contributed by atoms with Gasteiger partial charge in [-0.25, -0.2) is 5.01 Å². The Kier molecular flexibility index (Phi) is 4.01. The predicted octanol–water partition coefficient (Wildman–Crippen LogP) is 2.55. The third-order valence-corrected chi connectivity index (χ3v) is 3.20. The molecular weight excluding hydrogens is 281 g/mol.